The molecular formula is C17H17N3O4. The van der Waals surface area contributed by atoms with Gasteiger partial charge in [-0.3, -0.25) is 10.2 Å². The van der Waals surface area contributed by atoms with Crippen molar-refractivity contribution < 1.29 is 19.0 Å². The second-order valence-electron chi connectivity index (χ2n) is 4.93. The number of para-hydroxylation sites is 2. The van der Waals surface area contributed by atoms with E-state index in [1.807, 2.05) is 24.3 Å². The van der Waals surface area contributed by atoms with E-state index in [9.17, 15) is 4.79 Å². The molecule has 7 nitrogen and oxygen atoms in total. The fourth-order valence-corrected chi connectivity index (χ4v) is 2.50. The van der Waals surface area contributed by atoms with Crippen LogP contribution >= 0.6 is 0 Å². The molecule has 0 aliphatic carbocycles. The van der Waals surface area contributed by atoms with Gasteiger partial charge >= 0.3 is 0 Å². The molecule has 1 amide bonds. The topological polar surface area (TPSA) is 74.6 Å². The minimum absolute atomic E-state index is 0.304. The van der Waals surface area contributed by atoms with Gasteiger partial charge in [0, 0.05) is 0 Å². The summed E-state index contributed by atoms with van der Waals surface area (Å²) in [5, 5.41) is 0. The molecule has 0 bridgehead atoms. The van der Waals surface area contributed by atoms with Gasteiger partial charge in [0.25, 0.3) is 5.91 Å². The first-order chi connectivity index (χ1) is 11.7. The van der Waals surface area contributed by atoms with Crippen LogP contribution in [0.25, 0.3) is 11.0 Å². The van der Waals surface area contributed by atoms with Crippen molar-refractivity contribution in [2.24, 2.45) is 0 Å². The van der Waals surface area contributed by atoms with E-state index >= 15 is 0 Å². The monoisotopic (exact) mass is 327 g/mol. The fraction of sp³-hybridized carbons (Fsp3) is 0.176. The van der Waals surface area contributed by atoms with Gasteiger partial charge in [-0.2, -0.15) is 0 Å². The molecule has 3 aromatic rings. The number of rotatable bonds is 5. The molecule has 0 aliphatic heterocycles. The Morgan fingerprint density at radius 3 is 2.46 bits per heavy atom. The van der Waals surface area contributed by atoms with Crippen molar-refractivity contribution >= 4 is 16.9 Å². The Kier molecular flexibility index (Phi) is 4.24. The van der Waals surface area contributed by atoms with E-state index in [0.29, 0.717) is 22.8 Å². The van der Waals surface area contributed by atoms with E-state index in [0.717, 1.165) is 11.0 Å². The molecule has 0 aliphatic rings. The lowest BCUT2D eigenvalue weighted by Crippen LogP contribution is -2.22. The molecule has 2 aromatic carbocycles. The number of methoxy groups -OCH3 is 3. The van der Waals surface area contributed by atoms with E-state index < -0.39 is 0 Å². The van der Waals surface area contributed by atoms with Gasteiger partial charge in [-0.05, 0) is 24.3 Å². The summed E-state index contributed by atoms with van der Waals surface area (Å²) in [6, 6.07) is 10.8. The maximum atomic E-state index is 12.7. The quantitative estimate of drug-likeness (QED) is 0.779. The zero-order valence-electron chi connectivity index (χ0n) is 13.6. The number of amides is 1. The van der Waals surface area contributed by atoms with Crippen molar-refractivity contribution in [2.75, 3.05) is 26.8 Å². The highest BCUT2D eigenvalue weighted by atomic mass is 16.5. The lowest BCUT2D eigenvalue weighted by atomic mass is 10.1. The van der Waals surface area contributed by atoms with E-state index in [-0.39, 0.29) is 5.91 Å². The molecule has 0 fully saturated rings. The summed E-state index contributed by atoms with van der Waals surface area (Å²) in [6.07, 6.45) is 1.55. The zero-order valence-corrected chi connectivity index (χ0v) is 13.6. The van der Waals surface area contributed by atoms with Crippen LogP contribution in [-0.2, 0) is 0 Å². The third kappa shape index (κ3) is 2.60. The van der Waals surface area contributed by atoms with Crippen LogP contribution in [0, 0.1) is 0 Å². The highest BCUT2D eigenvalue weighted by Crippen LogP contribution is 2.39. The van der Waals surface area contributed by atoms with Gasteiger partial charge < -0.3 is 14.2 Å². The molecule has 24 heavy (non-hydrogen) atoms. The molecule has 7 heteroatoms. The van der Waals surface area contributed by atoms with Gasteiger partial charge in [0.1, 0.15) is 6.33 Å². The number of nitrogens with one attached hydrogen (secondary N) is 1. The molecule has 1 aromatic heterocycles. The number of fused-ring (bicyclic) bond motifs is 1. The maximum absolute atomic E-state index is 12.7. The number of hydrogen-bond acceptors (Lipinski definition) is 5. The van der Waals surface area contributed by atoms with Crippen LogP contribution in [0.4, 0.5) is 0 Å². The lowest BCUT2D eigenvalue weighted by molar-refractivity contribution is 0.100. The second kappa shape index (κ2) is 6.49. The number of imidazole rings is 1. The number of carbonyl (C=O) groups is 1. The van der Waals surface area contributed by atoms with Crippen molar-refractivity contribution in [3.8, 4) is 17.2 Å². The summed E-state index contributed by atoms with van der Waals surface area (Å²) in [6.45, 7) is 0. The van der Waals surface area contributed by atoms with Crippen LogP contribution in [0.2, 0.25) is 0 Å². The Bertz CT molecular complexity index is 889. The van der Waals surface area contributed by atoms with Crippen molar-refractivity contribution in [3.63, 3.8) is 0 Å². The molecule has 0 unspecified atom stereocenters. The van der Waals surface area contributed by atoms with E-state index in [2.05, 4.69) is 10.4 Å². The van der Waals surface area contributed by atoms with Crippen LogP contribution in [0.3, 0.4) is 0 Å². The Balaban J connectivity index is 1.98. The summed E-state index contributed by atoms with van der Waals surface area (Å²) in [5.74, 6) is 0.803. The first-order valence-electron chi connectivity index (χ1n) is 7.22. The highest BCUT2D eigenvalue weighted by molar-refractivity contribution is 6.04. The van der Waals surface area contributed by atoms with E-state index in [1.54, 1.807) is 23.1 Å². The molecule has 0 saturated carbocycles. The molecule has 0 radical (unpaired) electrons. The number of carbonyl (C=O) groups excluding carboxylic acids is 1. The number of hydrogen-bond donors (Lipinski definition) is 1. The Labute approximate surface area is 138 Å². The van der Waals surface area contributed by atoms with Gasteiger partial charge in [-0.15, -0.1) is 0 Å². The first kappa shape index (κ1) is 15.7. The summed E-state index contributed by atoms with van der Waals surface area (Å²) in [7, 11) is 4.49. The largest absolute Gasteiger partial charge is 0.493 e. The molecule has 0 atom stereocenters. The minimum Gasteiger partial charge on any atom is -0.493 e. The van der Waals surface area contributed by atoms with Crippen LogP contribution in [0.15, 0.2) is 42.7 Å². The van der Waals surface area contributed by atoms with Gasteiger partial charge in [0.05, 0.1) is 37.9 Å². The Morgan fingerprint density at radius 1 is 1.00 bits per heavy atom. The van der Waals surface area contributed by atoms with Crippen LogP contribution in [0.5, 0.6) is 17.2 Å². The van der Waals surface area contributed by atoms with Crippen LogP contribution in [-0.4, -0.2) is 36.9 Å². The van der Waals surface area contributed by atoms with Gasteiger partial charge in [-0.1, -0.05) is 12.1 Å². The van der Waals surface area contributed by atoms with Crippen molar-refractivity contribution in [3.05, 3.63) is 48.3 Å². The molecule has 0 saturated heterocycles. The van der Waals surface area contributed by atoms with Crippen molar-refractivity contribution in [1.29, 1.82) is 0 Å². The van der Waals surface area contributed by atoms with E-state index in [1.165, 1.54) is 21.3 Å². The number of benzene rings is 2. The van der Waals surface area contributed by atoms with Crippen molar-refractivity contribution in [2.45, 2.75) is 0 Å². The van der Waals surface area contributed by atoms with Gasteiger partial charge in [-0.25, -0.2) is 9.66 Å². The predicted molar refractivity (Wildman–Crippen MR) is 89.5 cm³/mol. The molecule has 124 valence electrons. The second-order valence-corrected chi connectivity index (χ2v) is 4.93. The minimum atomic E-state index is -0.351. The predicted octanol–water partition coefficient (Wildman–Crippen LogP) is 2.45. The number of nitrogens with zero attached hydrogens (tertiary/aromatic N) is 2. The van der Waals surface area contributed by atoms with Crippen LogP contribution < -0.4 is 19.6 Å². The number of ether oxygens (including phenoxy) is 3. The summed E-state index contributed by atoms with van der Waals surface area (Å²) >= 11 is 0. The average molecular weight is 327 g/mol. The molecule has 0 spiro atoms. The Hall–Kier alpha value is -3.22. The first-order valence-corrected chi connectivity index (χ1v) is 7.22. The highest BCUT2D eigenvalue weighted by Gasteiger charge is 2.21. The lowest BCUT2D eigenvalue weighted by Gasteiger charge is -2.15. The normalized spacial score (nSPS) is 10.5. The molecular weight excluding hydrogens is 310 g/mol. The maximum Gasteiger partial charge on any atom is 0.274 e. The standard InChI is InChI=1S/C17H17N3O4/c1-22-14-9-8-11(15(23-2)16(14)24-3)17(21)19-20-10-18-12-6-4-5-7-13(12)20/h4-10H,1-3H3,(H,19,21). The number of aromatic nitrogens is 2. The summed E-state index contributed by atoms with van der Waals surface area (Å²) in [4.78, 5) is 16.9. The van der Waals surface area contributed by atoms with E-state index in [4.69, 9.17) is 14.2 Å². The Morgan fingerprint density at radius 2 is 1.75 bits per heavy atom. The van der Waals surface area contributed by atoms with Gasteiger partial charge in [0.15, 0.2) is 11.5 Å². The molecule has 3 rings (SSSR count). The third-order valence-electron chi connectivity index (χ3n) is 3.62. The fourth-order valence-electron chi connectivity index (χ4n) is 2.50. The summed E-state index contributed by atoms with van der Waals surface area (Å²) < 4.78 is 17.4. The third-order valence-corrected chi connectivity index (χ3v) is 3.62. The average Bonchev–Trinajstić information content (AvgIpc) is 3.03. The SMILES string of the molecule is COc1ccc(C(=O)Nn2cnc3ccccc32)c(OC)c1OC. The molecule has 1 N–H and O–H groups in total. The van der Waals surface area contributed by atoms with Crippen molar-refractivity contribution in [1.82, 2.24) is 9.66 Å². The molecule has 1 heterocycles. The van der Waals surface area contributed by atoms with Crippen LogP contribution in [0.1, 0.15) is 10.4 Å². The summed E-state index contributed by atoms with van der Waals surface area (Å²) in [5.41, 5.74) is 4.70. The smallest absolute Gasteiger partial charge is 0.274 e. The van der Waals surface area contributed by atoms with Gasteiger partial charge in [0.2, 0.25) is 5.75 Å². The zero-order chi connectivity index (χ0) is 17.1.